The van der Waals surface area contributed by atoms with Gasteiger partial charge in [-0.2, -0.15) is 4.98 Å². The summed E-state index contributed by atoms with van der Waals surface area (Å²) in [6.45, 7) is 0. The van der Waals surface area contributed by atoms with E-state index in [1.807, 2.05) is 0 Å². The minimum Gasteiger partial charge on any atom is -0.478 e. The number of fused-ring (bicyclic) bond motifs is 3. The molecule has 24 heavy (non-hydrogen) atoms. The Hall–Kier alpha value is -3.49. The van der Waals surface area contributed by atoms with E-state index in [1.54, 1.807) is 10.6 Å². The second-order valence-corrected chi connectivity index (χ2v) is 5.08. The molecule has 0 radical (unpaired) electrons. The normalized spacial score (nSPS) is 11.2. The van der Waals surface area contributed by atoms with Crippen LogP contribution in [0, 0.1) is 11.6 Å². The Morgan fingerprint density at radius 3 is 2.71 bits per heavy atom. The van der Waals surface area contributed by atoms with Gasteiger partial charge in [0.25, 0.3) is 5.78 Å². The largest absolute Gasteiger partial charge is 0.478 e. The van der Waals surface area contributed by atoms with Crippen LogP contribution in [0.5, 0.6) is 0 Å². The van der Waals surface area contributed by atoms with Crippen LogP contribution < -0.4 is 5.32 Å². The molecule has 0 bridgehead atoms. The summed E-state index contributed by atoms with van der Waals surface area (Å²) >= 11 is 0. The third-order valence-electron chi connectivity index (χ3n) is 3.50. The lowest BCUT2D eigenvalue weighted by Crippen LogP contribution is -1.96. The number of H-pyrrole nitrogens is 1. The highest BCUT2D eigenvalue weighted by Gasteiger charge is 2.12. The maximum absolute atomic E-state index is 13.2. The highest BCUT2D eigenvalue weighted by Crippen LogP contribution is 2.21. The van der Waals surface area contributed by atoms with Crippen molar-refractivity contribution in [3.63, 3.8) is 0 Å². The average Bonchev–Trinajstić information content (AvgIpc) is 3.07. The molecule has 0 saturated heterocycles. The number of aromatic carboxylic acids is 1. The molecule has 2 aromatic heterocycles. The molecule has 0 amide bonds. The van der Waals surface area contributed by atoms with Gasteiger partial charge in [0, 0.05) is 11.8 Å². The van der Waals surface area contributed by atoms with E-state index >= 15 is 0 Å². The van der Waals surface area contributed by atoms with Crippen molar-refractivity contribution in [2.75, 3.05) is 5.32 Å². The Morgan fingerprint density at radius 1 is 1.12 bits per heavy atom. The summed E-state index contributed by atoms with van der Waals surface area (Å²) in [7, 11) is 0. The lowest BCUT2D eigenvalue weighted by atomic mass is 10.2. The van der Waals surface area contributed by atoms with Crippen LogP contribution in [-0.2, 0) is 0 Å². The van der Waals surface area contributed by atoms with E-state index in [1.165, 1.54) is 18.2 Å². The van der Waals surface area contributed by atoms with Gasteiger partial charge in [-0.3, -0.25) is 5.10 Å². The first-order valence-electron chi connectivity index (χ1n) is 6.85. The van der Waals surface area contributed by atoms with Crippen LogP contribution >= 0.6 is 0 Å². The number of carboxylic acid groups (broad SMARTS) is 1. The van der Waals surface area contributed by atoms with Gasteiger partial charge < -0.3 is 10.4 Å². The lowest BCUT2D eigenvalue weighted by molar-refractivity contribution is 0.0697. The zero-order chi connectivity index (χ0) is 16.8. The summed E-state index contributed by atoms with van der Waals surface area (Å²) in [6.07, 6.45) is 0. The van der Waals surface area contributed by atoms with Crippen LogP contribution in [0.3, 0.4) is 0 Å². The van der Waals surface area contributed by atoms with Crippen LogP contribution in [0.15, 0.2) is 36.4 Å². The second kappa shape index (κ2) is 5.01. The summed E-state index contributed by atoms with van der Waals surface area (Å²) in [5.41, 5.74) is 1.57. The summed E-state index contributed by atoms with van der Waals surface area (Å²) in [6, 6.07) is 7.91. The van der Waals surface area contributed by atoms with Gasteiger partial charge in [0.05, 0.1) is 16.6 Å². The molecule has 2 aromatic carbocycles. The molecule has 0 unspecified atom stereocenters. The quantitative estimate of drug-likeness (QED) is 0.537. The first-order chi connectivity index (χ1) is 11.5. The van der Waals surface area contributed by atoms with Gasteiger partial charge in [0.15, 0.2) is 11.6 Å². The van der Waals surface area contributed by atoms with Crippen molar-refractivity contribution in [2.24, 2.45) is 0 Å². The van der Waals surface area contributed by atoms with Gasteiger partial charge in [-0.15, -0.1) is 0 Å². The third-order valence-corrected chi connectivity index (χ3v) is 3.50. The number of carbonyl (C=O) groups is 1. The molecule has 0 aliphatic carbocycles. The first-order valence-corrected chi connectivity index (χ1v) is 6.85. The van der Waals surface area contributed by atoms with E-state index < -0.39 is 17.6 Å². The lowest BCUT2D eigenvalue weighted by Gasteiger charge is -2.02. The Labute approximate surface area is 132 Å². The highest BCUT2D eigenvalue weighted by molar-refractivity contribution is 5.93. The maximum atomic E-state index is 13.2. The number of nitrogens with zero attached hydrogens (tertiary/aromatic N) is 3. The number of hydrogen-bond acceptors (Lipinski definition) is 4. The van der Waals surface area contributed by atoms with Crippen LogP contribution in [-0.4, -0.2) is 30.7 Å². The fourth-order valence-corrected chi connectivity index (χ4v) is 2.38. The third kappa shape index (κ3) is 2.22. The van der Waals surface area contributed by atoms with Gasteiger partial charge in [0.2, 0.25) is 5.95 Å². The van der Waals surface area contributed by atoms with E-state index in [9.17, 15) is 13.6 Å². The predicted octanol–water partition coefficient (Wildman–Crippen LogP) is 2.93. The van der Waals surface area contributed by atoms with Crippen molar-refractivity contribution >= 4 is 34.4 Å². The number of nitrogens with one attached hydrogen (secondary N) is 2. The summed E-state index contributed by atoms with van der Waals surface area (Å²) in [5.74, 6) is -2.34. The van der Waals surface area contributed by atoms with Crippen LogP contribution in [0.25, 0.3) is 16.8 Å². The highest BCUT2D eigenvalue weighted by atomic mass is 19.2. The molecule has 0 aliphatic heterocycles. The van der Waals surface area contributed by atoms with E-state index in [2.05, 4.69) is 20.4 Å². The van der Waals surface area contributed by atoms with Gasteiger partial charge in [-0.05, 0) is 30.3 Å². The molecular weight excluding hydrogens is 320 g/mol. The molecular formula is C15H9F2N5O2. The second-order valence-electron chi connectivity index (χ2n) is 5.08. The minimum atomic E-state index is -1.04. The summed E-state index contributed by atoms with van der Waals surface area (Å²) in [5, 5.41) is 14.7. The zero-order valence-electron chi connectivity index (χ0n) is 11.9. The number of anilines is 2. The Morgan fingerprint density at radius 2 is 1.96 bits per heavy atom. The number of hydrogen-bond donors (Lipinski definition) is 3. The molecule has 4 rings (SSSR count). The maximum Gasteiger partial charge on any atom is 0.335 e. The van der Waals surface area contributed by atoms with Crippen LogP contribution in [0.2, 0.25) is 0 Å². The van der Waals surface area contributed by atoms with Crippen molar-refractivity contribution < 1.29 is 18.7 Å². The van der Waals surface area contributed by atoms with E-state index in [0.717, 1.165) is 12.1 Å². The zero-order valence-corrected chi connectivity index (χ0v) is 11.9. The standard InChI is InChI=1S/C15H9F2N5O2/c16-9-3-2-8(6-10(9)17)18-14-20-15-19-11-5-7(13(23)24)1-4-12(11)22(15)21-14/h1-6H,(H,23,24)(H2,18,19,20,21). The number of carboxylic acids is 1. The fourth-order valence-electron chi connectivity index (χ4n) is 2.38. The predicted molar refractivity (Wildman–Crippen MR) is 81.4 cm³/mol. The summed E-state index contributed by atoms with van der Waals surface area (Å²) in [4.78, 5) is 19.4. The number of imidazole rings is 1. The Balaban J connectivity index is 1.73. The molecule has 0 saturated carbocycles. The van der Waals surface area contributed by atoms with Crippen molar-refractivity contribution in [3.05, 3.63) is 53.6 Å². The van der Waals surface area contributed by atoms with E-state index in [-0.39, 0.29) is 11.5 Å². The molecule has 2 heterocycles. The molecule has 9 heteroatoms. The monoisotopic (exact) mass is 329 g/mol. The summed E-state index contributed by atoms with van der Waals surface area (Å²) < 4.78 is 27.7. The fraction of sp³-hybridized carbons (Fsp3) is 0. The molecule has 3 N–H and O–H groups in total. The topological polar surface area (TPSA) is 95.3 Å². The number of rotatable bonds is 3. The SMILES string of the molecule is O=C(O)c1ccc2c(c1)nc1nc(Nc3ccc(F)c(F)c3)[nH]n12. The molecule has 0 atom stereocenters. The van der Waals surface area contributed by atoms with Crippen molar-refractivity contribution in [1.29, 1.82) is 0 Å². The van der Waals surface area contributed by atoms with Crippen molar-refractivity contribution in [2.45, 2.75) is 0 Å². The molecule has 4 aromatic rings. The van der Waals surface area contributed by atoms with Crippen molar-refractivity contribution in [1.82, 2.24) is 19.6 Å². The Kier molecular flexibility index (Phi) is 2.95. The first kappa shape index (κ1) is 14.1. The van der Waals surface area contributed by atoms with Crippen molar-refractivity contribution in [3.8, 4) is 0 Å². The molecule has 0 fully saturated rings. The van der Waals surface area contributed by atoms with Gasteiger partial charge in [-0.1, -0.05) is 0 Å². The molecule has 120 valence electrons. The van der Waals surface area contributed by atoms with Gasteiger partial charge in [0.1, 0.15) is 0 Å². The van der Waals surface area contributed by atoms with Crippen LogP contribution in [0.4, 0.5) is 20.4 Å². The number of aromatic amines is 1. The smallest absolute Gasteiger partial charge is 0.335 e. The van der Waals surface area contributed by atoms with E-state index in [0.29, 0.717) is 22.5 Å². The van der Waals surface area contributed by atoms with Gasteiger partial charge in [-0.25, -0.2) is 23.1 Å². The average molecular weight is 329 g/mol. The number of halogens is 2. The Bertz CT molecular complexity index is 1100. The molecule has 7 nitrogen and oxygen atoms in total. The molecule has 0 aliphatic rings. The van der Waals surface area contributed by atoms with Gasteiger partial charge >= 0.3 is 5.97 Å². The van der Waals surface area contributed by atoms with E-state index in [4.69, 9.17) is 5.11 Å². The molecule has 0 spiro atoms. The minimum absolute atomic E-state index is 0.128. The van der Waals surface area contributed by atoms with Crippen LogP contribution in [0.1, 0.15) is 10.4 Å². The number of aromatic nitrogens is 4. The number of benzene rings is 2.